The third-order valence-corrected chi connectivity index (χ3v) is 5.07. The van der Waals surface area contributed by atoms with Crippen LogP contribution in [0, 0.1) is 6.92 Å². The molecule has 1 saturated heterocycles. The van der Waals surface area contributed by atoms with Crippen LogP contribution >= 0.6 is 11.8 Å². The summed E-state index contributed by atoms with van der Waals surface area (Å²) in [5, 5.41) is 8.38. The molecule has 9 heteroatoms. The Balaban J connectivity index is 1.45. The van der Waals surface area contributed by atoms with Gasteiger partial charge in [-0.1, -0.05) is 17.8 Å². The zero-order valence-electron chi connectivity index (χ0n) is 14.2. The van der Waals surface area contributed by atoms with E-state index in [-0.39, 0.29) is 11.5 Å². The Morgan fingerprint density at radius 1 is 1.27 bits per heavy atom. The highest BCUT2D eigenvalue weighted by Gasteiger charge is 2.22. The molecular weight excluding hydrogens is 354 g/mol. The predicted octanol–water partition coefficient (Wildman–Crippen LogP) is 1.80. The number of thioether (sulfide) groups is 1. The minimum absolute atomic E-state index is 0.109. The number of hydrogen-bond acceptors (Lipinski definition) is 7. The fourth-order valence-corrected chi connectivity index (χ4v) is 3.64. The number of fused-ring (bicyclic) bond motifs is 1. The average Bonchev–Trinajstić information content (AvgIpc) is 3.22. The van der Waals surface area contributed by atoms with Crippen molar-refractivity contribution in [1.82, 2.24) is 24.5 Å². The van der Waals surface area contributed by atoms with E-state index in [1.54, 1.807) is 15.4 Å². The number of nitrogens with zero attached hydrogens (tertiary/aromatic N) is 5. The number of pyridine rings is 1. The van der Waals surface area contributed by atoms with Crippen LogP contribution in [-0.2, 0) is 17.1 Å². The molecule has 0 saturated carbocycles. The summed E-state index contributed by atoms with van der Waals surface area (Å²) in [5.41, 5.74) is 2.01. The number of carbonyl (C=O) groups is 1. The molecule has 1 aliphatic rings. The quantitative estimate of drug-likeness (QED) is 0.631. The Hall–Kier alpha value is -2.68. The number of carbonyl (C=O) groups excluding carboxylic acids is 1. The van der Waals surface area contributed by atoms with Crippen LogP contribution in [0.4, 0.5) is 0 Å². The van der Waals surface area contributed by atoms with E-state index >= 15 is 0 Å². The Kier molecular flexibility index (Phi) is 4.46. The van der Waals surface area contributed by atoms with Gasteiger partial charge < -0.3 is 9.32 Å². The van der Waals surface area contributed by atoms with E-state index in [4.69, 9.17) is 4.42 Å². The Morgan fingerprint density at radius 2 is 2.15 bits per heavy atom. The third-order valence-electron chi connectivity index (χ3n) is 4.22. The molecular formula is C17H17N5O3S. The van der Waals surface area contributed by atoms with Crippen LogP contribution in [0.25, 0.3) is 5.65 Å². The zero-order chi connectivity index (χ0) is 18.1. The molecule has 0 atom stereocenters. The van der Waals surface area contributed by atoms with E-state index < -0.39 is 0 Å². The smallest absolute Gasteiger partial charge is 0.277 e. The molecule has 4 rings (SSSR count). The lowest BCUT2D eigenvalue weighted by Crippen LogP contribution is -2.23. The van der Waals surface area contributed by atoms with Gasteiger partial charge in [0.1, 0.15) is 5.65 Å². The summed E-state index contributed by atoms with van der Waals surface area (Å²) in [6.45, 7) is 2.95. The lowest BCUT2D eigenvalue weighted by Gasteiger charge is -2.11. The van der Waals surface area contributed by atoms with Gasteiger partial charge in [-0.15, -0.1) is 10.2 Å². The number of aromatic nitrogens is 4. The van der Waals surface area contributed by atoms with Gasteiger partial charge in [0.15, 0.2) is 0 Å². The normalized spacial score (nSPS) is 14.5. The molecule has 0 radical (unpaired) electrons. The third kappa shape index (κ3) is 3.34. The molecule has 1 amide bonds. The zero-order valence-corrected chi connectivity index (χ0v) is 15.0. The molecule has 0 aliphatic carbocycles. The lowest BCUT2D eigenvalue weighted by molar-refractivity contribution is -0.128. The van der Waals surface area contributed by atoms with Gasteiger partial charge in [-0.05, 0) is 25.5 Å². The molecule has 3 aromatic rings. The first-order chi connectivity index (χ1) is 12.6. The van der Waals surface area contributed by atoms with Gasteiger partial charge in [-0.25, -0.2) is 4.98 Å². The second kappa shape index (κ2) is 6.91. The van der Waals surface area contributed by atoms with Crippen molar-refractivity contribution in [3.8, 4) is 0 Å². The van der Waals surface area contributed by atoms with E-state index in [1.807, 2.05) is 19.1 Å². The molecule has 26 heavy (non-hydrogen) atoms. The second-order valence-electron chi connectivity index (χ2n) is 6.12. The van der Waals surface area contributed by atoms with Gasteiger partial charge in [0.25, 0.3) is 10.8 Å². The van der Waals surface area contributed by atoms with E-state index in [0.717, 1.165) is 18.7 Å². The summed E-state index contributed by atoms with van der Waals surface area (Å²) < 4.78 is 7.16. The first kappa shape index (κ1) is 16.8. The van der Waals surface area contributed by atoms with Crippen LogP contribution in [0.15, 0.2) is 38.7 Å². The van der Waals surface area contributed by atoms with Crippen molar-refractivity contribution >= 4 is 23.3 Å². The monoisotopic (exact) mass is 371 g/mol. The minimum atomic E-state index is -0.109. The summed E-state index contributed by atoms with van der Waals surface area (Å²) in [4.78, 5) is 30.2. The summed E-state index contributed by atoms with van der Waals surface area (Å²) in [7, 11) is 0. The highest BCUT2D eigenvalue weighted by Crippen LogP contribution is 2.22. The molecule has 0 spiro atoms. The highest BCUT2D eigenvalue weighted by atomic mass is 32.2. The molecule has 4 heterocycles. The van der Waals surface area contributed by atoms with Crippen molar-refractivity contribution in [3.63, 3.8) is 0 Å². The van der Waals surface area contributed by atoms with Crippen LogP contribution in [0.1, 0.15) is 30.1 Å². The van der Waals surface area contributed by atoms with Crippen molar-refractivity contribution in [2.45, 2.75) is 37.3 Å². The first-order valence-electron chi connectivity index (χ1n) is 8.31. The number of rotatable bonds is 5. The highest BCUT2D eigenvalue weighted by molar-refractivity contribution is 7.98. The number of aryl methyl sites for hydroxylation is 1. The summed E-state index contributed by atoms with van der Waals surface area (Å²) in [5.74, 6) is 0.989. The maximum atomic E-state index is 12.3. The molecule has 3 aromatic heterocycles. The molecule has 134 valence electrons. The Bertz CT molecular complexity index is 1030. The minimum Gasteiger partial charge on any atom is -0.414 e. The van der Waals surface area contributed by atoms with Crippen molar-refractivity contribution in [2.75, 3.05) is 6.54 Å². The molecule has 1 fully saturated rings. The number of hydrogen-bond donors (Lipinski definition) is 0. The van der Waals surface area contributed by atoms with Crippen molar-refractivity contribution < 1.29 is 9.21 Å². The number of likely N-dealkylation sites (tertiary alicyclic amines) is 1. The predicted molar refractivity (Wildman–Crippen MR) is 94.7 cm³/mol. The fourth-order valence-electron chi connectivity index (χ4n) is 2.97. The summed E-state index contributed by atoms with van der Waals surface area (Å²) in [6, 6.07) is 7.07. The van der Waals surface area contributed by atoms with E-state index in [1.165, 1.54) is 17.8 Å². The maximum Gasteiger partial charge on any atom is 0.277 e. The van der Waals surface area contributed by atoms with Crippen LogP contribution in [0.2, 0.25) is 0 Å². The Labute approximate surface area is 153 Å². The van der Waals surface area contributed by atoms with Crippen molar-refractivity contribution in [1.29, 1.82) is 0 Å². The van der Waals surface area contributed by atoms with Crippen LogP contribution in [0.5, 0.6) is 0 Å². The standard InChI is InChI=1S/C17H17N5O3S/c1-11-4-2-5-13-18-12(8-16(24)22(11)13)10-26-17-20-19-14(25-17)9-21-7-3-6-15(21)23/h2,4-5,8H,3,6-7,9-10H2,1H3. The van der Waals surface area contributed by atoms with E-state index in [9.17, 15) is 9.59 Å². The number of amides is 1. The van der Waals surface area contributed by atoms with E-state index in [2.05, 4.69) is 15.2 Å². The van der Waals surface area contributed by atoms with Crippen molar-refractivity contribution in [2.24, 2.45) is 0 Å². The van der Waals surface area contributed by atoms with Gasteiger partial charge in [0.2, 0.25) is 11.8 Å². The lowest BCUT2D eigenvalue weighted by atomic mass is 10.3. The van der Waals surface area contributed by atoms with Crippen LogP contribution in [-0.4, -0.2) is 36.9 Å². The van der Waals surface area contributed by atoms with Crippen LogP contribution in [0.3, 0.4) is 0 Å². The maximum absolute atomic E-state index is 12.3. The van der Waals surface area contributed by atoms with Gasteiger partial charge in [-0.2, -0.15) is 0 Å². The topological polar surface area (TPSA) is 93.6 Å². The van der Waals surface area contributed by atoms with Crippen molar-refractivity contribution in [3.05, 3.63) is 51.9 Å². The summed E-state index contributed by atoms with van der Waals surface area (Å²) in [6.07, 6.45) is 1.45. The van der Waals surface area contributed by atoms with Gasteiger partial charge in [0.05, 0.1) is 12.2 Å². The van der Waals surface area contributed by atoms with Crippen LogP contribution < -0.4 is 5.56 Å². The molecule has 0 N–H and O–H groups in total. The molecule has 0 bridgehead atoms. The largest absolute Gasteiger partial charge is 0.414 e. The second-order valence-corrected chi connectivity index (χ2v) is 7.04. The average molecular weight is 371 g/mol. The molecule has 0 unspecified atom stereocenters. The summed E-state index contributed by atoms with van der Waals surface area (Å²) >= 11 is 1.32. The molecule has 8 nitrogen and oxygen atoms in total. The molecule has 0 aromatic carbocycles. The van der Waals surface area contributed by atoms with Gasteiger partial charge in [-0.3, -0.25) is 14.0 Å². The van der Waals surface area contributed by atoms with E-state index in [0.29, 0.717) is 41.2 Å². The first-order valence-corrected chi connectivity index (χ1v) is 9.30. The van der Waals surface area contributed by atoms with Gasteiger partial charge in [0, 0.05) is 30.5 Å². The fraction of sp³-hybridized carbons (Fsp3) is 0.353. The molecule has 1 aliphatic heterocycles. The Morgan fingerprint density at radius 3 is 2.96 bits per heavy atom. The SMILES string of the molecule is Cc1cccc2nc(CSc3nnc(CN4CCCC4=O)o3)cc(=O)n12. The van der Waals surface area contributed by atoms with Gasteiger partial charge >= 0.3 is 0 Å².